The lowest BCUT2D eigenvalue weighted by Gasteiger charge is -2.07. The highest BCUT2D eigenvalue weighted by Crippen LogP contribution is 2.21. The molecule has 0 radical (unpaired) electrons. The Balaban J connectivity index is 2.44. The van der Waals surface area contributed by atoms with E-state index in [0.717, 1.165) is 0 Å². The van der Waals surface area contributed by atoms with Gasteiger partial charge in [-0.3, -0.25) is 9.36 Å². The third-order valence-corrected chi connectivity index (χ3v) is 2.57. The molecule has 1 aromatic heterocycles. The van der Waals surface area contributed by atoms with Gasteiger partial charge in [-0.15, -0.1) is 0 Å². The Kier molecular flexibility index (Phi) is 2.72. The summed E-state index contributed by atoms with van der Waals surface area (Å²) >= 11 is 0. The molecule has 1 unspecified atom stereocenters. The van der Waals surface area contributed by atoms with Gasteiger partial charge in [0, 0.05) is 7.05 Å². The standard InChI is InChI=1S/C11H11NO5/c1-12-7-3-2-6(8(13)5-10(14)15)4-9(7)17-11(12)16/h2-4,8,13H,5H2,1H3,(H,14,15). The van der Waals surface area contributed by atoms with E-state index in [1.807, 2.05) is 0 Å². The van der Waals surface area contributed by atoms with Crippen LogP contribution in [0.25, 0.3) is 11.1 Å². The van der Waals surface area contributed by atoms with Crippen molar-refractivity contribution in [3.05, 3.63) is 34.3 Å². The Labute approximate surface area is 95.7 Å². The second kappa shape index (κ2) is 4.06. The Morgan fingerprint density at radius 1 is 1.53 bits per heavy atom. The van der Waals surface area contributed by atoms with Crippen molar-refractivity contribution in [2.45, 2.75) is 12.5 Å². The first kappa shape index (κ1) is 11.4. The fourth-order valence-corrected chi connectivity index (χ4v) is 1.64. The van der Waals surface area contributed by atoms with Gasteiger partial charge in [-0.25, -0.2) is 4.79 Å². The van der Waals surface area contributed by atoms with Crippen LogP contribution in [0.4, 0.5) is 0 Å². The highest BCUT2D eigenvalue weighted by molar-refractivity contribution is 5.74. The van der Waals surface area contributed by atoms with Crippen LogP contribution in [-0.4, -0.2) is 20.7 Å². The summed E-state index contributed by atoms with van der Waals surface area (Å²) in [5.41, 5.74) is 1.34. The van der Waals surface area contributed by atoms with Gasteiger partial charge in [0.25, 0.3) is 0 Å². The minimum Gasteiger partial charge on any atom is -0.481 e. The summed E-state index contributed by atoms with van der Waals surface area (Å²) < 4.78 is 6.28. The normalized spacial score (nSPS) is 12.8. The Hall–Kier alpha value is -2.08. The number of aliphatic hydroxyl groups excluding tert-OH is 1. The molecule has 2 N–H and O–H groups in total. The first-order valence-electron chi connectivity index (χ1n) is 4.98. The Morgan fingerprint density at radius 3 is 2.88 bits per heavy atom. The summed E-state index contributed by atoms with van der Waals surface area (Å²) in [6.45, 7) is 0. The van der Waals surface area contributed by atoms with E-state index in [0.29, 0.717) is 16.7 Å². The van der Waals surface area contributed by atoms with E-state index in [1.54, 1.807) is 19.2 Å². The maximum absolute atomic E-state index is 11.2. The zero-order valence-electron chi connectivity index (χ0n) is 9.08. The number of hydrogen-bond acceptors (Lipinski definition) is 4. The van der Waals surface area contributed by atoms with Crippen molar-refractivity contribution in [1.29, 1.82) is 0 Å². The van der Waals surface area contributed by atoms with Crippen LogP contribution in [0.15, 0.2) is 27.4 Å². The molecule has 0 aliphatic carbocycles. The lowest BCUT2D eigenvalue weighted by atomic mass is 10.1. The van der Waals surface area contributed by atoms with Gasteiger partial charge in [0.15, 0.2) is 5.58 Å². The number of rotatable bonds is 3. The summed E-state index contributed by atoms with van der Waals surface area (Å²) in [6.07, 6.45) is -1.50. The maximum atomic E-state index is 11.2. The Bertz CT molecular complexity index is 624. The average Bonchev–Trinajstić information content (AvgIpc) is 2.53. The Morgan fingerprint density at radius 2 is 2.24 bits per heavy atom. The molecule has 0 bridgehead atoms. The van der Waals surface area contributed by atoms with E-state index in [1.165, 1.54) is 10.6 Å². The molecule has 0 fully saturated rings. The molecule has 90 valence electrons. The van der Waals surface area contributed by atoms with E-state index < -0.39 is 17.8 Å². The molecule has 0 saturated heterocycles. The van der Waals surface area contributed by atoms with Gasteiger partial charge in [-0.1, -0.05) is 6.07 Å². The molecule has 2 aromatic rings. The molecule has 1 heterocycles. The van der Waals surface area contributed by atoms with Crippen LogP contribution < -0.4 is 5.76 Å². The fraction of sp³-hybridized carbons (Fsp3) is 0.273. The minimum absolute atomic E-state index is 0.333. The summed E-state index contributed by atoms with van der Waals surface area (Å²) in [6, 6.07) is 4.66. The number of aliphatic carboxylic acids is 1. The molecular formula is C11H11NO5. The molecule has 0 aliphatic heterocycles. The maximum Gasteiger partial charge on any atom is 0.419 e. The van der Waals surface area contributed by atoms with E-state index in [2.05, 4.69) is 0 Å². The molecular weight excluding hydrogens is 226 g/mol. The number of aliphatic hydroxyl groups is 1. The SMILES string of the molecule is Cn1c(=O)oc2cc(C(O)CC(=O)O)ccc21. The quantitative estimate of drug-likeness (QED) is 0.817. The molecule has 2 rings (SSSR count). The minimum atomic E-state index is -1.11. The first-order valence-corrected chi connectivity index (χ1v) is 4.98. The van der Waals surface area contributed by atoms with E-state index in [4.69, 9.17) is 9.52 Å². The number of hydrogen-bond donors (Lipinski definition) is 2. The number of carboxylic acids is 1. The van der Waals surface area contributed by atoms with Gasteiger partial charge in [0.2, 0.25) is 0 Å². The lowest BCUT2D eigenvalue weighted by Crippen LogP contribution is -2.08. The number of aromatic nitrogens is 1. The summed E-state index contributed by atoms with van der Waals surface area (Å²) in [5, 5.41) is 18.2. The third kappa shape index (κ3) is 2.07. The van der Waals surface area contributed by atoms with Crippen molar-refractivity contribution in [1.82, 2.24) is 4.57 Å². The number of carboxylic acid groups (broad SMARTS) is 1. The van der Waals surface area contributed by atoms with Crippen molar-refractivity contribution in [2.75, 3.05) is 0 Å². The molecule has 17 heavy (non-hydrogen) atoms. The number of oxazole rings is 1. The molecule has 0 saturated carbocycles. The molecule has 0 spiro atoms. The fourth-order valence-electron chi connectivity index (χ4n) is 1.64. The summed E-state index contributed by atoms with van der Waals surface area (Å²) in [5.74, 6) is -1.59. The van der Waals surface area contributed by atoms with Gasteiger partial charge >= 0.3 is 11.7 Å². The van der Waals surface area contributed by atoms with Crippen LogP contribution in [0.3, 0.4) is 0 Å². The molecule has 6 nitrogen and oxygen atoms in total. The topological polar surface area (TPSA) is 92.7 Å². The third-order valence-electron chi connectivity index (χ3n) is 2.57. The number of fused-ring (bicyclic) bond motifs is 1. The van der Waals surface area contributed by atoms with Crippen molar-refractivity contribution in [3.8, 4) is 0 Å². The van der Waals surface area contributed by atoms with E-state index in [-0.39, 0.29) is 6.42 Å². The molecule has 0 amide bonds. The van der Waals surface area contributed by atoms with Crippen LogP contribution in [0.5, 0.6) is 0 Å². The average molecular weight is 237 g/mol. The molecule has 1 atom stereocenters. The molecule has 0 aliphatic rings. The highest BCUT2D eigenvalue weighted by Gasteiger charge is 2.14. The zero-order chi connectivity index (χ0) is 12.6. The number of nitrogens with zero attached hydrogens (tertiary/aromatic N) is 1. The van der Waals surface area contributed by atoms with Gasteiger partial charge in [-0.05, 0) is 17.7 Å². The molecule has 6 heteroatoms. The van der Waals surface area contributed by atoms with Crippen LogP contribution >= 0.6 is 0 Å². The summed E-state index contributed by atoms with van der Waals surface area (Å²) in [4.78, 5) is 21.7. The molecule has 1 aromatic carbocycles. The van der Waals surface area contributed by atoms with Gasteiger partial charge in [-0.2, -0.15) is 0 Å². The monoisotopic (exact) mass is 237 g/mol. The zero-order valence-corrected chi connectivity index (χ0v) is 9.08. The van der Waals surface area contributed by atoms with E-state index in [9.17, 15) is 14.7 Å². The number of benzene rings is 1. The number of aryl methyl sites for hydroxylation is 1. The largest absolute Gasteiger partial charge is 0.481 e. The van der Waals surface area contributed by atoms with Crippen molar-refractivity contribution in [3.63, 3.8) is 0 Å². The van der Waals surface area contributed by atoms with Crippen LogP contribution in [0.1, 0.15) is 18.1 Å². The predicted octanol–water partition coefficient (Wildman–Crippen LogP) is 0.640. The predicted molar refractivity (Wildman–Crippen MR) is 58.7 cm³/mol. The lowest BCUT2D eigenvalue weighted by molar-refractivity contribution is -0.139. The van der Waals surface area contributed by atoms with Gasteiger partial charge in [0.05, 0.1) is 18.0 Å². The summed E-state index contributed by atoms with van der Waals surface area (Å²) in [7, 11) is 1.57. The van der Waals surface area contributed by atoms with E-state index >= 15 is 0 Å². The van der Waals surface area contributed by atoms with Gasteiger partial charge in [0.1, 0.15) is 0 Å². The second-order valence-electron chi connectivity index (χ2n) is 3.77. The second-order valence-corrected chi connectivity index (χ2v) is 3.77. The smallest absolute Gasteiger partial charge is 0.419 e. The van der Waals surface area contributed by atoms with Crippen LogP contribution in [0.2, 0.25) is 0 Å². The van der Waals surface area contributed by atoms with Crippen molar-refractivity contribution in [2.24, 2.45) is 7.05 Å². The van der Waals surface area contributed by atoms with Gasteiger partial charge < -0.3 is 14.6 Å². The van der Waals surface area contributed by atoms with Crippen LogP contribution in [0, 0.1) is 0 Å². The number of carbonyl (C=O) groups is 1. The van der Waals surface area contributed by atoms with Crippen molar-refractivity contribution >= 4 is 17.1 Å². The first-order chi connectivity index (χ1) is 7.99. The highest BCUT2D eigenvalue weighted by atomic mass is 16.4. The van der Waals surface area contributed by atoms with Crippen molar-refractivity contribution < 1.29 is 19.4 Å². The van der Waals surface area contributed by atoms with Crippen LogP contribution in [-0.2, 0) is 11.8 Å².